The third kappa shape index (κ3) is 3.90. The zero-order chi connectivity index (χ0) is 47.2. The molecule has 0 N–H and O–H groups in total. The van der Waals surface area contributed by atoms with Gasteiger partial charge in [-0.1, -0.05) is 0 Å². The van der Waals surface area contributed by atoms with Crippen molar-refractivity contribution in [2.24, 2.45) is 23.7 Å². The topological polar surface area (TPSA) is 62.8 Å². The van der Waals surface area contributed by atoms with Crippen molar-refractivity contribution in [1.29, 1.82) is 5.26 Å². The van der Waals surface area contributed by atoms with Crippen molar-refractivity contribution in [2.45, 2.75) is 176 Å². The molecule has 0 amide bonds. The van der Waals surface area contributed by atoms with Gasteiger partial charge in [0.05, 0.1) is 58.2 Å². The van der Waals surface area contributed by atoms with Crippen LogP contribution in [0.4, 0.5) is 5.69 Å². The van der Waals surface area contributed by atoms with Crippen LogP contribution < -0.4 is 0 Å². The molecule has 74 heavy (non-hydrogen) atoms. The lowest BCUT2D eigenvalue weighted by Crippen LogP contribution is -2.24. The number of hydrogen-bond acceptors (Lipinski definition) is 3. The third-order valence-electron chi connectivity index (χ3n) is 25.1. The molecule has 0 aliphatic heterocycles. The van der Waals surface area contributed by atoms with Crippen LogP contribution in [-0.4, -0.2) is 18.8 Å². The first kappa shape index (κ1) is 38.3. The number of rotatable bonds is 0. The largest absolute Gasteiger partial charge is 0.308 e. The van der Waals surface area contributed by atoms with E-state index in [4.69, 9.17) is 16.5 Å². The summed E-state index contributed by atoms with van der Waals surface area (Å²) in [7, 11) is 0. The van der Waals surface area contributed by atoms with E-state index in [0.717, 1.165) is 60.6 Å². The monoisotopic (exact) mass is 956 g/mol. The van der Waals surface area contributed by atoms with Gasteiger partial charge in [0, 0.05) is 71.8 Å². The highest BCUT2D eigenvalue weighted by molar-refractivity contribution is 6.32. The van der Waals surface area contributed by atoms with Crippen molar-refractivity contribution < 1.29 is 0 Å². The van der Waals surface area contributed by atoms with E-state index in [1.807, 2.05) is 0 Å². The number of nitriles is 1. The molecule has 6 saturated carbocycles. The molecule has 14 aliphatic rings. The fourth-order valence-corrected chi connectivity index (χ4v) is 23.2. The van der Waals surface area contributed by atoms with Gasteiger partial charge in [-0.25, -0.2) is 4.85 Å². The van der Waals surface area contributed by atoms with E-state index in [1.54, 1.807) is 88.0 Å². The molecular weight excluding hydrogens is 901 g/mol. The van der Waals surface area contributed by atoms with Crippen LogP contribution >= 0.6 is 0 Å². The highest BCUT2D eigenvalue weighted by Crippen LogP contribution is 2.67. The van der Waals surface area contributed by atoms with Gasteiger partial charge in [0.15, 0.2) is 5.69 Å². The summed E-state index contributed by atoms with van der Waals surface area (Å²) < 4.78 is 5.45. The van der Waals surface area contributed by atoms with E-state index in [0.29, 0.717) is 47.3 Å². The molecule has 358 valence electrons. The van der Waals surface area contributed by atoms with Crippen LogP contribution in [0, 0.1) is 41.6 Å². The Bertz CT molecular complexity index is 4560. The predicted molar refractivity (Wildman–Crippen MR) is 292 cm³/mol. The van der Waals surface area contributed by atoms with E-state index < -0.39 is 0 Å². The molecule has 6 heteroatoms. The van der Waals surface area contributed by atoms with Gasteiger partial charge in [0.2, 0.25) is 0 Å². The normalized spacial score (nSPS) is 32.6. The van der Waals surface area contributed by atoms with Crippen LogP contribution in [0.5, 0.6) is 0 Å². The molecule has 0 saturated heterocycles. The van der Waals surface area contributed by atoms with Crippen molar-refractivity contribution in [3.05, 3.63) is 109 Å². The Labute approximate surface area is 429 Å². The molecule has 0 spiro atoms. The highest BCUT2D eigenvalue weighted by Gasteiger charge is 2.52. The summed E-state index contributed by atoms with van der Waals surface area (Å²) in [5, 5.41) is 23.6. The molecule has 14 aliphatic carbocycles. The molecule has 6 aromatic heterocycles. The average Bonchev–Trinajstić information content (AvgIpc) is 4.27. The number of hydrogen-bond donors (Lipinski definition) is 0. The lowest BCUT2D eigenvalue weighted by atomic mass is 9.64. The number of aryl methyl sites for hydroxylation is 4. The summed E-state index contributed by atoms with van der Waals surface area (Å²) in [5.41, 5.74) is 32.0. The third-order valence-corrected chi connectivity index (χ3v) is 25.1. The summed E-state index contributed by atoms with van der Waals surface area (Å²) in [6.07, 6.45) is 29.6. The number of aromatic nitrogens is 4. The molecule has 6 heterocycles. The summed E-state index contributed by atoms with van der Waals surface area (Å²) in [6.45, 7) is 8.80. The van der Waals surface area contributed by atoms with Crippen LogP contribution in [0.15, 0.2) is 24.5 Å². The average molecular weight is 957 g/mol. The van der Waals surface area contributed by atoms with Gasteiger partial charge in [0.25, 0.3) is 0 Å². The van der Waals surface area contributed by atoms with Gasteiger partial charge in [-0.2, -0.15) is 5.26 Å². The van der Waals surface area contributed by atoms with E-state index in [-0.39, 0.29) is 0 Å². The second-order valence-electron chi connectivity index (χ2n) is 27.5. The summed E-state index contributed by atoms with van der Waals surface area (Å²) >= 11 is 0. The van der Waals surface area contributed by atoms with E-state index >= 15 is 0 Å². The lowest BCUT2D eigenvalue weighted by molar-refractivity contribution is 0.293. The van der Waals surface area contributed by atoms with Crippen LogP contribution in [0.2, 0.25) is 0 Å². The fourth-order valence-electron chi connectivity index (χ4n) is 23.2. The van der Waals surface area contributed by atoms with Crippen LogP contribution in [0.3, 0.4) is 0 Å². The number of fused-ring (bicyclic) bond motifs is 32. The van der Waals surface area contributed by atoms with Crippen LogP contribution in [0.25, 0.3) is 92.2 Å². The molecule has 6 nitrogen and oxygen atoms in total. The first-order valence-corrected chi connectivity index (χ1v) is 29.9. The minimum atomic E-state index is 0.494. The Morgan fingerprint density at radius 1 is 0.459 bits per heavy atom. The predicted octanol–water partition coefficient (Wildman–Crippen LogP) is 16.6. The maximum absolute atomic E-state index is 11.2. The zero-order valence-electron chi connectivity index (χ0n) is 42.1. The van der Waals surface area contributed by atoms with Crippen molar-refractivity contribution in [1.82, 2.24) is 18.8 Å². The molecular formula is C68H56N6. The Hall–Kier alpha value is -6.24. The van der Waals surface area contributed by atoms with E-state index in [9.17, 15) is 5.26 Å². The zero-order valence-corrected chi connectivity index (χ0v) is 42.1. The second-order valence-corrected chi connectivity index (χ2v) is 27.5. The smallest absolute Gasteiger partial charge is 0.193 e. The Kier molecular flexibility index (Phi) is 6.33. The van der Waals surface area contributed by atoms with Crippen molar-refractivity contribution in [3.8, 4) is 17.2 Å². The summed E-state index contributed by atoms with van der Waals surface area (Å²) in [4.78, 5) is 15.8. The van der Waals surface area contributed by atoms with Gasteiger partial charge >= 0.3 is 0 Å². The molecule has 0 radical (unpaired) electrons. The molecule has 8 atom stereocenters. The number of pyridine rings is 2. The summed E-state index contributed by atoms with van der Waals surface area (Å²) in [5.74, 6) is 7.68. The Morgan fingerprint density at radius 3 is 1.55 bits per heavy atom. The van der Waals surface area contributed by atoms with Gasteiger partial charge in [0.1, 0.15) is 0 Å². The van der Waals surface area contributed by atoms with Crippen LogP contribution in [0.1, 0.15) is 223 Å². The second kappa shape index (κ2) is 12.2. The molecule has 8 unspecified atom stereocenters. The first-order valence-electron chi connectivity index (χ1n) is 29.9. The van der Waals surface area contributed by atoms with Crippen molar-refractivity contribution in [3.63, 3.8) is 0 Å². The molecule has 10 aromatic rings. The first-order chi connectivity index (χ1) is 36.6. The summed E-state index contributed by atoms with van der Waals surface area (Å²) in [6, 6.07) is 7.63. The fraction of sp³-hybridized carbons (Fsp3) is 0.471. The van der Waals surface area contributed by atoms with Gasteiger partial charge in [-0.15, -0.1) is 0 Å². The number of benzene rings is 4. The maximum atomic E-state index is 11.2. The van der Waals surface area contributed by atoms with E-state index in [1.165, 1.54) is 169 Å². The van der Waals surface area contributed by atoms with Crippen LogP contribution in [-0.2, 0) is 25.7 Å². The van der Waals surface area contributed by atoms with Gasteiger partial charge in [-0.05, 0) is 266 Å². The molecule has 6 fully saturated rings. The lowest BCUT2D eigenvalue weighted by Gasteiger charge is -2.40. The van der Waals surface area contributed by atoms with Crippen molar-refractivity contribution >= 4 is 81.9 Å². The quantitative estimate of drug-likeness (QED) is 0.142. The SMILES string of the molecule is [C-]#[N+]c1cc2c(c3c1C1CCC3CC1)c1c3c4c(c5c6c7c(ncc6n2c51)C1CC2CC7CC1C2)CCc1c-4c(c2c4c5c(c(C#N)cc4n4c6cnc7c(c6c1c24)C1CC2CC7CC1C2)C1CCC5CC1)CC3. The molecule has 24 rings (SSSR count). The maximum Gasteiger partial charge on any atom is 0.193 e. The minimum absolute atomic E-state index is 0.494. The molecule has 4 aromatic carbocycles. The Morgan fingerprint density at radius 2 is 0.946 bits per heavy atom. The van der Waals surface area contributed by atoms with Gasteiger partial charge in [-0.3, -0.25) is 9.97 Å². The standard InChI is InChI=1S/C68H56N6/c1-70-44-23-46-62(52-32-8-4-30(5-9-32)50(44)52)58-39-11-10-38-55-41(13-12-40(54(39)55)59-63-47(74(46)67(58)59)26-72-66-43-19-27-15-34(43)20-35(16-27)53(63)66)60-64-48(25-71-65-36-17-28-14-33(21-36)42(18-28)56(64)65)73-45-22-37(24-69)49-29-2-6-31(7-3-29)51(49)61(45)57(38)68(60)73/h22-23,25-36,42-43H,2-21H2. The Balaban J connectivity index is 0.974. The van der Waals surface area contributed by atoms with Gasteiger partial charge < -0.3 is 8.80 Å². The van der Waals surface area contributed by atoms with Crippen molar-refractivity contribution in [2.75, 3.05) is 0 Å². The molecule has 10 bridgehead atoms. The highest BCUT2D eigenvalue weighted by atomic mass is 15.0. The minimum Gasteiger partial charge on any atom is -0.308 e. The van der Waals surface area contributed by atoms with E-state index in [2.05, 4.69) is 44.2 Å². The number of nitrogens with zero attached hydrogens (tertiary/aromatic N) is 6.